The first kappa shape index (κ1) is 56.9. The van der Waals surface area contributed by atoms with Gasteiger partial charge in [0.25, 0.3) is 0 Å². The van der Waals surface area contributed by atoms with Crippen LogP contribution in [0.3, 0.4) is 0 Å². The molecule has 1 amide bonds. The molecule has 0 spiro atoms. The Kier molecular flexibility index (Phi) is 40.4. The molecule has 344 valence electrons. The van der Waals surface area contributed by atoms with Crippen molar-refractivity contribution < 1.29 is 47.8 Å². The van der Waals surface area contributed by atoms with E-state index in [1.807, 2.05) is 0 Å². The molecule has 0 fully saturated rings. The molecule has 3 unspecified atom stereocenters. The van der Waals surface area contributed by atoms with E-state index in [1.165, 1.54) is 57.8 Å². The lowest BCUT2D eigenvalue weighted by Gasteiger charge is -2.18. The molecule has 0 aromatic heterocycles. The van der Waals surface area contributed by atoms with E-state index in [4.69, 9.17) is 13.8 Å². The van der Waals surface area contributed by atoms with Crippen molar-refractivity contribution in [1.82, 2.24) is 5.32 Å². The van der Waals surface area contributed by atoms with Gasteiger partial charge in [0.2, 0.25) is 5.91 Å². The first-order chi connectivity index (χ1) is 29.1. The highest BCUT2D eigenvalue weighted by Gasteiger charge is 2.28. The van der Waals surface area contributed by atoms with Crippen LogP contribution in [-0.2, 0) is 32.7 Å². The van der Waals surface area contributed by atoms with Crippen molar-refractivity contribution in [3.05, 3.63) is 72.9 Å². The number of phosphoric acid groups is 1. The summed E-state index contributed by atoms with van der Waals surface area (Å²) in [5.74, 6) is -2.42. The van der Waals surface area contributed by atoms with Gasteiger partial charge in [-0.1, -0.05) is 157 Å². The Labute approximate surface area is 363 Å². The molecule has 11 nitrogen and oxygen atoms in total. The molecule has 0 aliphatic rings. The van der Waals surface area contributed by atoms with Crippen LogP contribution >= 0.6 is 7.82 Å². The standard InChI is InChI=1S/C48H82NO10P/c1-3-5-7-9-11-13-15-17-19-21-22-24-26-28-30-32-34-36-38-40-47(52)57-41-44(50)42-58-60(55,56)59-43-45(48(53)54)49-46(51)39-37-35-33-31-29-27-25-23-20-18-16-14-12-10-8-6-4-2/h5,7,11,13,17-20,22,24,28,30,44-45,50H,3-4,6,8-10,12,14-16,21,23,25-27,29,31-43H2,1-2H3,(H,49,51)(H,53,54)(H,55,56)/b7-5-,13-11-,19-17-,20-18-,24-22-,30-28-. The maximum atomic E-state index is 12.3. The predicted octanol–water partition coefficient (Wildman–Crippen LogP) is 12.1. The third-order valence-corrected chi connectivity index (χ3v) is 10.4. The van der Waals surface area contributed by atoms with Crippen LogP contribution < -0.4 is 5.32 Å². The Hall–Kier alpha value is -3.08. The van der Waals surface area contributed by atoms with E-state index in [2.05, 4.69) is 92.1 Å². The van der Waals surface area contributed by atoms with Crippen molar-refractivity contribution in [2.45, 2.75) is 193 Å². The van der Waals surface area contributed by atoms with Gasteiger partial charge in [0, 0.05) is 12.8 Å². The molecule has 0 rings (SSSR count). The van der Waals surface area contributed by atoms with Crippen LogP contribution in [0.1, 0.15) is 181 Å². The van der Waals surface area contributed by atoms with Crippen LogP contribution in [0.2, 0.25) is 0 Å². The van der Waals surface area contributed by atoms with Crippen LogP contribution in [0.15, 0.2) is 72.9 Å². The van der Waals surface area contributed by atoms with Gasteiger partial charge in [-0.25, -0.2) is 9.36 Å². The number of allylic oxidation sites excluding steroid dienone is 12. The summed E-state index contributed by atoms with van der Waals surface area (Å²) in [6.45, 7) is 2.44. The van der Waals surface area contributed by atoms with Crippen LogP contribution in [0, 0.1) is 0 Å². The number of carboxylic acid groups (broad SMARTS) is 1. The van der Waals surface area contributed by atoms with Crippen LogP contribution in [0.4, 0.5) is 0 Å². The highest BCUT2D eigenvalue weighted by atomic mass is 31.2. The topological polar surface area (TPSA) is 169 Å². The molecular weight excluding hydrogens is 781 g/mol. The quantitative estimate of drug-likeness (QED) is 0.0201. The number of carboxylic acids is 1. The molecule has 0 bridgehead atoms. The van der Waals surface area contributed by atoms with Gasteiger partial charge < -0.3 is 25.2 Å². The minimum Gasteiger partial charge on any atom is -0.480 e. The highest BCUT2D eigenvalue weighted by molar-refractivity contribution is 7.47. The third kappa shape index (κ3) is 41.6. The first-order valence-corrected chi connectivity index (χ1v) is 24.5. The van der Waals surface area contributed by atoms with Crippen LogP contribution in [-0.4, -0.2) is 64.9 Å². The van der Waals surface area contributed by atoms with Gasteiger partial charge in [0.15, 0.2) is 6.04 Å². The number of hydrogen-bond donors (Lipinski definition) is 4. The molecular formula is C48H82NO10P. The van der Waals surface area contributed by atoms with E-state index >= 15 is 0 Å². The number of amides is 1. The summed E-state index contributed by atoms with van der Waals surface area (Å²) in [6, 6.07) is -1.56. The summed E-state index contributed by atoms with van der Waals surface area (Å²) in [4.78, 5) is 46.0. The Balaban J connectivity index is 3.95. The number of aliphatic hydroxyl groups excluding tert-OH is 1. The SMILES string of the molecule is CC/C=C\C/C=C\C/C=C\C/C=C\C/C=C\CCCCCC(=O)OCC(O)COP(=O)(O)OCC(NC(=O)CCCCCCCCC/C=C\CCCCCCCC)C(=O)O. The van der Waals surface area contributed by atoms with Crippen molar-refractivity contribution in [1.29, 1.82) is 0 Å². The number of esters is 1. The summed E-state index contributed by atoms with van der Waals surface area (Å²) in [6.07, 6.45) is 50.6. The fourth-order valence-corrected chi connectivity index (χ4v) is 6.70. The van der Waals surface area contributed by atoms with Gasteiger partial charge in [0.1, 0.15) is 12.7 Å². The molecule has 0 aromatic rings. The maximum absolute atomic E-state index is 12.3. The van der Waals surface area contributed by atoms with Crippen molar-refractivity contribution >= 4 is 25.7 Å². The zero-order valence-electron chi connectivity index (χ0n) is 37.2. The van der Waals surface area contributed by atoms with Crippen LogP contribution in [0.5, 0.6) is 0 Å². The number of rotatable bonds is 42. The lowest BCUT2D eigenvalue weighted by atomic mass is 10.1. The zero-order valence-corrected chi connectivity index (χ0v) is 38.1. The summed E-state index contributed by atoms with van der Waals surface area (Å²) in [5, 5.41) is 21.8. The van der Waals surface area contributed by atoms with Gasteiger partial charge >= 0.3 is 19.8 Å². The number of carbonyl (C=O) groups excluding carboxylic acids is 2. The van der Waals surface area contributed by atoms with E-state index in [1.54, 1.807) is 0 Å². The summed E-state index contributed by atoms with van der Waals surface area (Å²) < 4.78 is 26.8. The maximum Gasteiger partial charge on any atom is 0.472 e. The molecule has 0 radical (unpaired) electrons. The Bertz CT molecular complexity index is 1290. The molecule has 0 aliphatic heterocycles. The Morgan fingerprint density at radius 1 is 0.550 bits per heavy atom. The number of nitrogens with one attached hydrogen (secondary N) is 1. The predicted molar refractivity (Wildman–Crippen MR) is 244 cm³/mol. The summed E-state index contributed by atoms with van der Waals surface area (Å²) >= 11 is 0. The van der Waals surface area contributed by atoms with E-state index < -0.39 is 57.6 Å². The molecule has 60 heavy (non-hydrogen) atoms. The molecule has 4 N–H and O–H groups in total. The normalized spacial score (nSPS) is 14.3. The van der Waals surface area contributed by atoms with E-state index in [0.29, 0.717) is 12.8 Å². The lowest BCUT2D eigenvalue weighted by molar-refractivity contribution is -0.147. The molecule has 0 aliphatic carbocycles. The van der Waals surface area contributed by atoms with E-state index in [0.717, 1.165) is 83.5 Å². The number of aliphatic carboxylic acids is 1. The van der Waals surface area contributed by atoms with Gasteiger partial charge in [-0.3, -0.25) is 18.6 Å². The van der Waals surface area contributed by atoms with E-state index in [9.17, 15) is 34.1 Å². The monoisotopic (exact) mass is 864 g/mol. The minimum absolute atomic E-state index is 0.135. The third-order valence-electron chi connectivity index (χ3n) is 9.48. The second kappa shape index (κ2) is 42.6. The molecule has 0 heterocycles. The average Bonchev–Trinajstić information content (AvgIpc) is 3.22. The summed E-state index contributed by atoms with van der Waals surface area (Å²) in [7, 11) is -4.77. The first-order valence-electron chi connectivity index (χ1n) is 23.0. The van der Waals surface area contributed by atoms with Crippen molar-refractivity contribution in [3.8, 4) is 0 Å². The van der Waals surface area contributed by atoms with Crippen molar-refractivity contribution in [3.63, 3.8) is 0 Å². The average molecular weight is 864 g/mol. The fraction of sp³-hybridized carbons (Fsp3) is 0.688. The summed E-state index contributed by atoms with van der Waals surface area (Å²) in [5.41, 5.74) is 0. The molecule has 0 aromatic carbocycles. The zero-order chi connectivity index (χ0) is 44.2. The van der Waals surface area contributed by atoms with Gasteiger partial charge in [-0.2, -0.15) is 0 Å². The number of unbranched alkanes of at least 4 members (excludes halogenated alkanes) is 16. The van der Waals surface area contributed by atoms with Crippen molar-refractivity contribution in [2.24, 2.45) is 0 Å². The fourth-order valence-electron chi connectivity index (χ4n) is 5.92. The second-order valence-corrected chi connectivity index (χ2v) is 16.7. The van der Waals surface area contributed by atoms with Gasteiger partial charge in [0.05, 0.1) is 13.2 Å². The minimum atomic E-state index is -4.77. The molecule has 0 saturated carbocycles. The number of phosphoric ester groups is 1. The van der Waals surface area contributed by atoms with Crippen molar-refractivity contribution in [2.75, 3.05) is 19.8 Å². The smallest absolute Gasteiger partial charge is 0.472 e. The van der Waals surface area contributed by atoms with Gasteiger partial charge in [-0.05, 0) is 83.5 Å². The Morgan fingerprint density at radius 2 is 0.967 bits per heavy atom. The second-order valence-electron chi connectivity index (χ2n) is 15.2. The molecule has 3 atom stereocenters. The molecule has 0 saturated heterocycles. The highest BCUT2D eigenvalue weighted by Crippen LogP contribution is 2.43. The van der Waals surface area contributed by atoms with Gasteiger partial charge in [-0.15, -0.1) is 0 Å². The number of ether oxygens (including phenoxy) is 1. The van der Waals surface area contributed by atoms with Crippen LogP contribution in [0.25, 0.3) is 0 Å². The Morgan fingerprint density at radius 3 is 1.48 bits per heavy atom. The molecule has 12 heteroatoms. The number of aliphatic hydroxyl groups is 1. The largest absolute Gasteiger partial charge is 0.480 e. The lowest BCUT2D eigenvalue weighted by Crippen LogP contribution is -2.43. The van der Waals surface area contributed by atoms with E-state index in [-0.39, 0.29) is 12.8 Å². The number of hydrogen-bond acceptors (Lipinski definition) is 8. The number of carbonyl (C=O) groups is 3.